The zero-order valence-electron chi connectivity index (χ0n) is 7.87. The van der Waals surface area contributed by atoms with Crippen molar-refractivity contribution in [3.63, 3.8) is 0 Å². The third kappa shape index (κ3) is 2.90. The first-order valence-corrected chi connectivity index (χ1v) is 4.37. The Morgan fingerprint density at radius 2 is 2.20 bits per heavy atom. The summed E-state index contributed by atoms with van der Waals surface area (Å²) in [6, 6.07) is 3.71. The Bertz CT molecular complexity index is 353. The number of ether oxygens (including phenoxy) is 1. The minimum Gasteiger partial charge on any atom is -0.492 e. The van der Waals surface area contributed by atoms with Gasteiger partial charge in [0.2, 0.25) is 0 Å². The van der Waals surface area contributed by atoms with Gasteiger partial charge in [0.25, 0.3) is 0 Å². The summed E-state index contributed by atoms with van der Waals surface area (Å²) in [5.74, 6) is -2.33. The molecule has 0 heterocycles. The molecule has 0 aliphatic carbocycles. The molecule has 0 bridgehead atoms. The van der Waals surface area contributed by atoms with Gasteiger partial charge >= 0.3 is 5.97 Å². The van der Waals surface area contributed by atoms with Crippen LogP contribution in [0.3, 0.4) is 0 Å². The van der Waals surface area contributed by atoms with Crippen LogP contribution in [0.4, 0.5) is 8.78 Å². The Morgan fingerprint density at radius 1 is 1.47 bits per heavy atom. The van der Waals surface area contributed by atoms with Crippen LogP contribution in [0.5, 0.6) is 5.75 Å². The molecule has 0 aliphatic rings. The Hall–Kier alpha value is -1.65. The molecule has 0 atom stereocenters. The topological polar surface area (TPSA) is 46.5 Å². The second kappa shape index (κ2) is 5.29. The number of aromatic carboxylic acids is 1. The van der Waals surface area contributed by atoms with Crippen LogP contribution in [-0.4, -0.2) is 24.4 Å². The predicted molar refractivity (Wildman–Crippen MR) is 49.4 cm³/mol. The summed E-state index contributed by atoms with van der Waals surface area (Å²) in [7, 11) is 0. The predicted octanol–water partition coefficient (Wildman–Crippen LogP) is 2.26. The van der Waals surface area contributed by atoms with Crippen molar-refractivity contribution in [2.24, 2.45) is 0 Å². The van der Waals surface area contributed by atoms with Gasteiger partial charge in [-0.1, -0.05) is 6.07 Å². The highest BCUT2D eigenvalue weighted by Crippen LogP contribution is 2.21. The van der Waals surface area contributed by atoms with Crippen molar-refractivity contribution >= 4 is 5.97 Å². The van der Waals surface area contributed by atoms with Gasteiger partial charge in [0, 0.05) is 6.42 Å². The quantitative estimate of drug-likeness (QED) is 0.768. The van der Waals surface area contributed by atoms with E-state index in [1.54, 1.807) is 0 Å². The Morgan fingerprint density at radius 3 is 2.80 bits per heavy atom. The summed E-state index contributed by atoms with van der Waals surface area (Å²) in [5.41, 5.74) is -0.517. The number of benzene rings is 1. The molecular weight excluding hydrogens is 206 g/mol. The fourth-order valence-electron chi connectivity index (χ4n) is 1.07. The van der Waals surface area contributed by atoms with Crippen molar-refractivity contribution in [2.45, 2.75) is 6.42 Å². The third-order valence-electron chi connectivity index (χ3n) is 1.72. The molecule has 0 radical (unpaired) electrons. The van der Waals surface area contributed by atoms with Crippen molar-refractivity contribution in [3.05, 3.63) is 29.6 Å². The van der Waals surface area contributed by atoms with Crippen LogP contribution in [0.15, 0.2) is 18.2 Å². The molecule has 15 heavy (non-hydrogen) atoms. The zero-order valence-corrected chi connectivity index (χ0v) is 7.87. The molecule has 1 aromatic rings. The smallest absolute Gasteiger partial charge is 0.342 e. The lowest BCUT2D eigenvalue weighted by Gasteiger charge is -2.08. The molecule has 0 saturated carbocycles. The minimum absolute atomic E-state index is 0.0280. The maximum Gasteiger partial charge on any atom is 0.342 e. The number of carboxylic acid groups (broad SMARTS) is 1. The van der Waals surface area contributed by atoms with E-state index in [4.69, 9.17) is 9.84 Å². The normalized spacial score (nSPS) is 10.0. The number of rotatable bonds is 5. The van der Waals surface area contributed by atoms with Gasteiger partial charge in [0.1, 0.15) is 17.1 Å². The number of carbonyl (C=O) groups is 1. The average molecular weight is 216 g/mol. The zero-order chi connectivity index (χ0) is 11.3. The van der Waals surface area contributed by atoms with Gasteiger partial charge in [0.05, 0.1) is 13.3 Å². The molecule has 1 aromatic carbocycles. The van der Waals surface area contributed by atoms with Crippen molar-refractivity contribution in [3.8, 4) is 5.75 Å². The largest absolute Gasteiger partial charge is 0.492 e. The lowest BCUT2D eigenvalue weighted by molar-refractivity contribution is 0.0686. The van der Waals surface area contributed by atoms with E-state index in [9.17, 15) is 13.6 Å². The van der Waals surface area contributed by atoms with Crippen LogP contribution in [0.2, 0.25) is 0 Å². The Labute approximate surface area is 85.3 Å². The third-order valence-corrected chi connectivity index (χ3v) is 1.72. The van der Waals surface area contributed by atoms with E-state index in [0.29, 0.717) is 0 Å². The summed E-state index contributed by atoms with van der Waals surface area (Å²) in [6.07, 6.45) is 0.148. The molecule has 0 spiro atoms. The van der Waals surface area contributed by atoms with Gasteiger partial charge in [-0.25, -0.2) is 9.18 Å². The highest BCUT2D eigenvalue weighted by atomic mass is 19.1. The van der Waals surface area contributed by atoms with E-state index >= 15 is 0 Å². The molecule has 0 fully saturated rings. The van der Waals surface area contributed by atoms with E-state index < -0.39 is 24.0 Å². The summed E-state index contributed by atoms with van der Waals surface area (Å²) >= 11 is 0. The summed E-state index contributed by atoms with van der Waals surface area (Å²) in [5, 5.41) is 8.71. The molecule has 0 unspecified atom stereocenters. The van der Waals surface area contributed by atoms with Gasteiger partial charge in [-0.15, -0.1) is 0 Å². The number of alkyl halides is 1. The van der Waals surface area contributed by atoms with Gasteiger partial charge < -0.3 is 9.84 Å². The van der Waals surface area contributed by atoms with Gasteiger partial charge in [-0.3, -0.25) is 4.39 Å². The monoisotopic (exact) mass is 216 g/mol. The van der Waals surface area contributed by atoms with Crippen LogP contribution in [0, 0.1) is 5.82 Å². The Balaban J connectivity index is 2.86. The molecule has 82 valence electrons. The van der Waals surface area contributed by atoms with Crippen molar-refractivity contribution in [1.82, 2.24) is 0 Å². The summed E-state index contributed by atoms with van der Waals surface area (Å²) in [6.45, 7) is -0.530. The molecule has 1 rings (SSSR count). The number of hydrogen-bond acceptors (Lipinski definition) is 2. The standard InChI is InChI=1S/C10H10F2O3/c11-5-2-6-15-8-4-1-3-7(12)9(8)10(13)14/h1,3-4H,2,5-6H2,(H,13,14). The molecule has 0 saturated heterocycles. The second-order valence-electron chi connectivity index (χ2n) is 2.81. The van der Waals surface area contributed by atoms with Crippen LogP contribution >= 0.6 is 0 Å². The first-order valence-electron chi connectivity index (χ1n) is 4.37. The minimum atomic E-state index is -1.40. The molecule has 0 aromatic heterocycles. The lowest BCUT2D eigenvalue weighted by Crippen LogP contribution is -2.07. The maximum atomic E-state index is 13.1. The number of hydrogen-bond donors (Lipinski definition) is 1. The molecule has 5 heteroatoms. The molecule has 1 N–H and O–H groups in total. The van der Waals surface area contributed by atoms with Crippen molar-refractivity contribution < 1.29 is 23.4 Å². The first-order chi connectivity index (χ1) is 7.16. The van der Waals surface area contributed by atoms with E-state index in [0.717, 1.165) is 6.07 Å². The molecule has 0 amide bonds. The van der Waals surface area contributed by atoms with E-state index in [1.165, 1.54) is 12.1 Å². The molecule has 3 nitrogen and oxygen atoms in total. The van der Waals surface area contributed by atoms with Crippen LogP contribution in [0.25, 0.3) is 0 Å². The number of carboxylic acids is 1. The first kappa shape index (κ1) is 11.4. The van der Waals surface area contributed by atoms with Gasteiger partial charge in [0.15, 0.2) is 0 Å². The average Bonchev–Trinajstić information content (AvgIpc) is 2.17. The van der Waals surface area contributed by atoms with Crippen LogP contribution in [0.1, 0.15) is 16.8 Å². The highest BCUT2D eigenvalue weighted by molar-refractivity contribution is 5.91. The van der Waals surface area contributed by atoms with Crippen molar-refractivity contribution in [2.75, 3.05) is 13.3 Å². The fraction of sp³-hybridized carbons (Fsp3) is 0.300. The van der Waals surface area contributed by atoms with Crippen LogP contribution < -0.4 is 4.74 Å². The summed E-state index contributed by atoms with van der Waals surface area (Å²) < 4.78 is 29.8. The van der Waals surface area contributed by atoms with Crippen molar-refractivity contribution in [1.29, 1.82) is 0 Å². The SMILES string of the molecule is O=C(O)c1c(F)cccc1OCCCF. The van der Waals surface area contributed by atoms with E-state index in [2.05, 4.69) is 0 Å². The second-order valence-corrected chi connectivity index (χ2v) is 2.81. The summed E-state index contributed by atoms with van der Waals surface area (Å²) in [4.78, 5) is 10.7. The highest BCUT2D eigenvalue weighted by Gasteiger charge is 2.16. The van der Waals surface area contributed by atoms with E-state index in [-0.39, 0.29) is 18.8 Å². The molecule has 0 aliphatic heterocycles. The van der Waals surface area contributed by atoms with E-state index in [1.807, 2.05) is 0 Å². The van der Waals surface area contributed by atoms with Gasteiger partial charge in [-0.05, 0) is 12.1 Å². The maximum absolute atomic E-state index is 13.1. The number of halogens is 2. The van der Waals surface area contributed by atoms with Crippen LogP contribution in [-0.2, 0) is 0 Å². The lowest BCUT2D eigenvalue weighted by atomic mass is 10.2. The molecular formula is C10H10F2O3. The fourth-order valence-corrected chi connectivity index (χ4v) is 1.07. The Kier molecular flexibility index (Phi) is 4.03. The van der Waals surface area contributed by atoms with Gasteiger partial charge in [-0.2, -0.15) is 0 Å².